The zero-order valence-corrected chi connectivity index (χ0v) is 19.7. The highest BCUT2D eigenvalue weighted by Crippen LogP contribution is 2.29. The molecule has 0 bridgehead atoms. The summed E-state index contributed by atoms with van der Waals surface area (Å²) in [5.74, 6) is -0.175. The van der Waals surface area contributed by atoms with Crippen molar-refractivity contribution in [2.75, 3.05) is 11.1 Å². The minimum Gasteiger partial charge on any atom is -0.347 e. The van der Waals surface area contributed by atoms with Gasteiger partial charge in [-0.2, -0.15) is 0 Å². The van der Waals surface area contributed by atoms with E-state index in [9.17, 15) is 9.59 Å². The molecule has 0 unspecified atom stereocenters. The van der Waals surface area contributed by atoms with E-state index in [1.54, 1.807) is 54.0 Å². The SMILES string of the molecule is Cc1nc(-c2ccc(CNC(=O)c3ccc(NC(=O)CSc4nnnn4C)cc3)s2)cs1. The zero-order valence-electron chi connectivity index (χ0n) is 17.2. The maximum atomic E-state index is 12.5. The molecule has 12 heteroatoms. The standard InChI is InChI=1S/C20H19N7O2S3/c1-12-22-16(10-30-12)17-8-7-15(32-17)9-21-19(29)13-3-5-14(6-4-13)23-18(28)11-31-20-24-25-26-27(20)2/h3-8,10H,9,11H2,1-2H3,(H,21,29)(H,23,28). The number of hydrogen-bond acceptors (Lipinski definition) is 9. The third-order valence-corrected chi connectivity index (χ3v) is 7.19. The Labute approximate surface area is 196 Å². The van der Waals surface area contributed by atoms with Crippen LogP contribution in [0.3, 0.4) is 0 Å². The number of nitrogens with zero attached hydrogens (tertiary/aromatic N) is 5. The van der Waals surface area contributed by atoms with Crippen molar-refractivity contribution < 1.29 is 9.59 Å². The van der Waals surface area contributed by atoms with Crippen LogP contribution in [0.1, 0.15) is 20.2 Å². The van der Waals surface area contributed by atoms with Gasteiger partial charge in [-0.05, 0) is 53.7 Å². The number of carbonyl (C=O) groups excluding carboxylic acids is 2. The molecule has 0 saturated heterocycles. The minimum atomic E-state index is -0.181. The van der Waals surface area contributed by atoms with E-state index in [-0.39, 0.29) is 17.6 Å². The highest BCUT2D eigenvalue weighted by atomic mass is 32.2. The number of aromatic nitrogens is 5. The van der Waals surface area contributed by atoms with Gasteiger partial charge in [0.15, 0.2) is 0 Å². The first-order chi connectivity index (χ1) is 15.5. The molecule has 4 aromatic rings. The summed E-state index contributed by atoms with van der Waals surface area (Å²) in [6.07, 6.45) is 0. The molecule has 3 aromatic heterocycles. The average molecular weight is 486 g/mol. The van der Waals surface area contributed by atoms with E-state index in [0.717, 1.165) is 20.5 Å². The van der Waals surface area contributed by atoms with Crippen LogP contribution in [0.25, 0.3) is 10.6 Å². The summed E-state index contributed by atoms with van der Waals surface area (Å²) >= 11 is 4.48. The van der Waals surface area contributed by atoms with Gasteiger partial charge < -0.3 is 10.6 Å². The summed E-state index contributed by atoms with van der Waals surface area (Å²) in [6.45, 7) is 2.43. The van der Waals surface area contributed by atoms with Crippen molar-refractivity contribution in [3.8, 4) is 10.6 Å². The zero-order chi connectivity index (χ0) is 22.5. The fourth-order valence-corrected chi connectivity index (χ4v) is 4.98. The molecule has 9 nitrogen and oxygen atoms in total. The van der Waals surface area contributed by atoms with Crippen LogP contribution in [0.5, 0.6) is 0 Å². The van der Waals surface area contributed by atoms with E-state index >= 15 is 0 Å². The molecule has 0 atom stereocenters. The fraction of sp³-hybridized carbons (Fsp3) is 0.200. The van der Waals surface area contributed by atoms with Gasteiger partial charge in [-0.25, -0.2) is 9.67 Å². The molecule has 32 heavy (non-hydrogen) atoms. The molecule has 164 valence electrons. The summed E-state index contributed by atoms with van der Waals surface area (Å²) in [5.41, 5.74) is 2.11. The summed E-state index contributed by atoms with van der Waals surface area (Å²) in [6, 6.07) is 10.8. The van der Waals surface area contributed by atoms with Gasteiger partial charge in [-0.3, -0.25) is 9.59 Å². The third kappa shape index (κ3) is 5.58. The maximum absolute atomic E-state index is 12.5. The second-order valence-corrected chi connectivity index (χ2v) is 9.87. The molecule has 2 N–H and O–H groups in total. The molecule has 0 fully saturated rings. The number of anilines is 1. The Bertz CT molecular complexity index is 1230. The van der Waals surface area contributed by atoms with Gasteiger partial charge in [0.2, 0.25) is 11.1 Å². The number of rotatable bonds is 8. The largest absolute Gasteiger partial charge is 0.347 e. The Morgan fingerprint density at radius 1 is 1.16 bits per heavy atom. The number of thioether (sulfide) groups is 1. The van der Waals surface area contributed by atoms with Crippen LogP contribution in [0.2, 0.25) is 0 Å². The van der Waals surface area contributed by atoms with E-state index < -0.39 is 0 Å². The highest BCUT2D eigenvalue weighted by Gasteiger charge is 2.11. The predicted octanol–water partition coefficient (Wildman–Crippen LogP) is 3.36. The van der Waals surface area contributed by atoms with Gasteiger partial charge in [-0.15, -0.1) is 27.8 Å². The van der Waals surface area contributed by atoms with Crippen molar-refractivity contribution in [1.82, 2.24) is 30.5 Å². The van der Waals surface area contributed by atoms with E-state index in [4.69, 9.17) is 0 Å². The summed E-state index contributed by atoms with van der Waals surface area (Å²) < 4.78 is 1.50. The molecular formula is C20H19N7O2S3. The van der Waals surface area contributed by atoms with Crippen LogP contribution < -0.4 is 10.6 Å². The smallest absolute Gasteiger partial charge is 0.251 e. The summed E-state index contributed by atoms with van der Waals surface area (Å²) in [7, 11) is 1.71. The second kappa shape index (κ2) is 10.0. The van der Waals surface area contributed by atoms with Crippen molar-refractivity contribution in [2.45, 2.75) is 18.6 Å². The fourth-order valence-electron chi connectivity index (χ4n) is 2.73. The Kier molecular flexibility index (Phi) is 6.93. The minimum absolute atomic E-state index is 0.173. The van der Waals surface area contributed by atoms with E-state index in [2.05, 4.69) is 31.1 Å². The van der Waals surface area contributed by atoms with Crippen molar-refractivity contribution in [3.05, 3.63) is 57.2 Å². The van der Waals surface area contributed by atoms with Crippen LogP contribution in [0.4, 0.5) is 5.69 Å². The number of thiazole rings is 1. The Morgan fingerprint density at radius 2 is 1.97 bits per heavy atom. The highest BCUT2D eigenvalue weighted by molar-refractivity contribution is 7.99. The first-order valence-corrected chi connectivity index (χ1v) is 12.2. The molecule has 4 rings (SSSR count). The van der Waals surface area contributed by atoms with Gasteiger partial charge in [0.25, 0.3) is 5.91 Å². The van der Waals surface area contributed by atoms with Crippen molar-refractivity contribution in [1.29, 1.82) is 0 Å². The van der Waals surface area contributed by atoms with Crippen molar-refractivity contribution in [2.24, 2.45) is 7.05 Å². The average Bonchev–Trinajstić information content (AvgIpc) is 3.52. The van der Waals surface area contributed by atoms with E-state index in [1.807, 2.05) is 24.4 Å². The quantitative estimate of drug-likeness (QED) is 0.368. The van der Waals surface area contributed by atoms with Crippen molar-refractivity contribution >= 4 is 51.9 Å². The molecule has 2 amide bonds. The lowest BCUT2D eigenvalue weighted by Gasteiger charge is -2.07. The number of hydrogen-bond donors (Lipinski definition) is 2. The topological polar surface area (TPSA) is 115 Å². The van der Waals surface area contributed by atoms with E-state index in [1.165, 1.54) is 16.4 Å². The number of benzene rings is 1. The molecule has 0 aliphatic rings. The Hall–Kier alpha value is -3.09. The van der Waals surface area contributed by atoms with Crippen LogP contribution in [0.15, 0.2) is 46.9 Å². The third-order valence-electron chi connectivity index (χ3n) is 4.30. The first kappa shape index (κ1) is 22.1. The number of nitrogens with one attached hydrogen (secondary N) is 2. The normalized spacial score (nSPS) is 10.8. The molecule has 0 saturated carbocycles. The van der Waals surface area contributed by atoms with Gasteiger partial charge in [0.05, 0.1) is 27.9 Å². The predicted molar refractivity (Wildman–Crippen MR) is 126 cm³/mol. The second-order valence-electron chi connectivity index (χ2n) is 6.70. The van der Waals surface area contributed by atoms with Gasteiger partial charge >= 0.3 is 0 Å². The molecular weight excluding hydrogens is 466 g/mol. The number of aryl methyl sites for hydroxylation is 2. The molecule has 0 spiro atoms. The van der Waals surface area contributed by atoms with Gasteiger partial charge in [-0.1, -0.05) is 11.8 Å². The summed E-state index contributed by atoms with van der Waals surface area (Å²) in [4.78, 5) is 31.2. The van der Waals surface area contributed by atoms with Crippen LogP contribution in [-0.4, -0.2) is 42.8 Å². The Balaban J connectivity index is 1.26. The molecule has 1 aromatic carbocycles. The molecule has 0 aliphatic carbocycles. The lowest BCUT2D eigenvalue weighted by molar-refractivity contribution is -0.113. The van der Waals surface area contributed by atoms with Gasteiger partial charge in [0, 0.05) is 28.6 Å². The van der Waals surface area contributed by atoms with Crippen molar-refractivity contribution in [3.63, 3.8) is 0 Å². The summed E-state index contributed by atoms with van der Waals surface area (Å²) in [5, 5.41) is 20.4. The lowest BCUT2D eigenvalue weighted by atomic mass is 10.2. The monoisotopic (exact) mass is 485 g/mol. The molecule has 0 radical (unpaired) electrons. The lowest BCUT2D eigenvalue weighted by Crippen LogP contribution is -2.22. The first-order valence-electron chi connectivity index (χ1n) is 9.52. The van der Waals surface area contributed by atoms with Gasteiger partial charge in [0.1, 0.15) is 0 Å². The number of thiophene rings is 1. The number of carbonyl (C=O) groups is 2. The molecule has 3 heterocycles. The Morgan fingerprint density at radius 3 is 2.66 bits per heavy atom. The van der Waals surface area contributed by atoms with E-state index in [0.29, 0.717) is 23.0 Å². The number of amides is 2. The maximum Gasteiger partial charge on any atom is 0.251 e. The molecule has 0 aliphatic heterocycles. The van der Waals surface area contributed by atoms with Crippen LogP contribution in [-0.2, 0) is 18.4 Å². The van der Waals surface area contributed by atoms with Crippen LogP contribution >= 0.6 is 34.4 Å². The number of tetrazole rings is 1. The van der Waals surface area contributed by atoms with Crippen LogP contribution in [0, 0.1) is 6.92 Å².